The first kappa shape index (κ1) is 17.5. The zero-order valence-electron chi connectivity index (χ0n) is 15.6. The highest BCUT2D eigenvalue weighted by atomic mass is 16.1. The fourth-order valence-corrected chi connectivity index (χ4v) is 3.40. The number of aryl methyl sites for hydroxylation is 1. The Morgan fingerprint density at radius 3 is 2.36 bits per heavy atom. The van der Waals surface area contributed by atoms with E-state index in [1.807, 2.05) is 12.1 Å². The standard InChI is InChI=1S/C23H27NO/c1-16-19(10-9-17-7-5-6-8-21(16)17)15-24-22(25)18-11-13-20(14-12-18)23(2,3)4/h5-8,11-14H,9-10,15H2,1-4H3,(H,24,25). The number of fused-ring (bicyclic) bond motifs is 1. The molecule has 1 N–H and O–H groups in total. The first-order valence-electron chi connectivity index (χ1n) is 9.02. The smallest absolute Gasteiger partial charge is 0.251 e. The number of carbonyl (C=O) groups excluding carboxylic acids is 1. The number of hydrogen-bond acceptors (Lipinski definition) is 1. The maximum atomic E-state index is 12.5. The molecule has 2 aromatic rings. The van der Waals surface area contributed by atoms with Crippen LogP contribution in [0.3, 0.4) is 0 Å². The van der Waals surface area contributed by atoms with Crippen molar-refractivity contribution in [3.05, 3.63) is 76.4 Å². The molecule has 3 rings (SSSR count). The molecule has 1 aliphatic carbocycles. The summed E-state index contributed by atoms with van der Waals surface area (Å²) in [5.41, 5.74) is 7.45. The molecule has 130 valence electrons. The highest BCUT2D eigenvalue weighted by Gasteiger charge is 2.17. The van der Waals surface area contributed by atoms with E-state index in [0.29, 0.717) is 6.54 Å². The predicted octanol–water partition coefficient (Wildman–Crippen LogP) is 5.13. The Hall–Kier alpha value is -2.35. The summed E-state index contributed by atoms with van der Waals surface area (Å²) in [4.78, 5) is 12.5. The second-order valence-corrected chi connectivity index (χ2v) is 7.90. The third-order valence-corrected chi connectivity index (χ3v) is 5.12. The summed E-state index contributed by atoms with van der Waals surface area (Å²) in [7, 11) is 0. The molecule has 0 atom stereocenters. The summed E-state index contributed by atoms with van der Waals surface area (Å²) in [6.07, 6.45) is 2.07. The third-order valence-electron chi connectivity index (χ3n) is 5.12. The number of nitrogens with one attached hydrogen (secondary N) is 1. The van der Waals surface area contributed by atoms with Crippen LogP contribution >= 0.6 is 0 Å². The van der Waals surface area contributed by atoms with E-state index in [4.69, 9.17) is 0 Å². The van der Waals surface area contributed by atoms with Gasteiger partial charge in [-0.2, -0.15) is 0 Å². The van der Waals surface area contributed by atoms with Crippen molar-refractivity contribution in [3.63, 3.8) is 0 Å². The normalized spacial score (nSPS) is 14.2. The second kappa shape index (κ2) is 6.87. The van der Waals surface area contributed by atoms with Crippen molar-refractivity contribution in [2.45, 2.75) is 46.0 Å². The first-order chi connectivity index (χ1) is 11.9. The molecule has 1 amide bonds. The van der Waals surface area contributed by atoms with Crippen LogP contribution in [0, 0.1) is 0 Å². The lowest BCUT2D eigenvalue weighted by Gasteiger charge is -2.22. The van der Waals surface area contributed by atoms with Crippen LogP contribution in [0.25, 0.3) is 5.57 Å². The lowest BCUT2D eigenvalue weighted by Crippen LogP contribution is -2.27. The van der Waals surface area contributed by atoms with Gasteiger partial charge < -0.3 is 5.32 Å². The number of hydrogen-bond donors (Lipinski definition) is 1. The van der Waals surface area contributed by atoms with Crippen molar-refractivity contribution in [1.29, 1.82) is 0 Å². The van der Waals surface area contributed by atoms with Gasteiger partial charge in [0.05, 0.1) is 0 Å². The third kappa shape index (κ3) is 3.84. The molecule has 1 aliphatic rings. The van der Waals surface area contributed by atoms with Crippen molar-refractivity contribution >= 4 is 11.5 Å². The maximum absolute atomic E-state index is 12.5. The molecule has 0 saturated carbocycles. The summed E-state index contributed by atoms with van der Waals surface area (Å²) in [6, 6.07) is 16.5. The summed E-state index contributed by atoms with van der Waals surface area (Å²) < 4.78 is 0. The van der Waals surface area contributed by atoms with Gasteiger partial charge in [-0.25, -0.2) is 0 Å². The van der Waals surface area contributed by atoms with Gasteiger partial charge in [0.15, 0.2) is 0 Å². The van der Waals surface area contributed by atoms with Gasteiger partial charge in [0.1, 0.15) is 0 Å². The van der Waals surface area contributed by atoms with Crippen LogP contribution in [-0.4, -0.2) is 12.5 Å². The van der Waals surface area contributed by atoms with Crippen LogP contribution in [0.4, 0.5) is 0 Å². The van der Waals surface area contributed by atoms with Crippen molar-refractivity contribution in [2.75, 3.05) is 6.54 Å². The Morgan fingerprint density at radius 1 is 1.00 bits per heavy atom. The molecular weight excluding hydrogens is 306 g/mol. The number of carbonyl (C=O) groups is 1. The number of allylic oxidation sites excluding steroid dienone is 1. The van der Waals surface area contributed by atoms with E-state index in [2.05, 4.69) is 69.4 Å². The number of benzene rings is 2. The van der Waals surface area contributed by atoms with Gasteiger partial charge in [-0.15, -0.1) is 0 Å². The van der Waals surface area contributed by atoms with E-state index in [1.165, 1.54) is 27.8 Å². The fourth-order valence-electron chi connectivity index (χ4n) is 3.40. The van der Waals surface area contributed by atoms with E-state index >= 15 is 0 Å². The molecule has 0 radical (unpaired) electrons. The summed E-state index contributed by atoms with van der Waals surface area (Å²) in [6.45, 7) is 9.33. The molecule has 0 fully saturated rings. The molecule has 0 bridgehead atoms. The SMILES string of the molecule is CC1=C(CNC(=O)c2ccc(C(C)(C)C)cc2)CCc2ccccc21. The topological polar surface area (TPSA) is 29.1 Å². The van der Waals surface area contributed by atoms with Gasteiger partial charge in [0.2, 0.25) is 0 Å². The monoisotopic (exact) mass is 333 g/mol. The fraction of sp³-hybridized carbons (Fsp3) is 0.348. The molecule has 0 spiro atoms. The van der Waals surface area contributed by atoms with Crippen molar-refractivity contribution in [2.24, 2.45) is 0 Å². The molecule has 0 aliphatic heterocycles. The molecule has 2 heteroatoms. The summed E-state index contributed by atoms with van der Waals surface area (Å²) >= 11 is 0. The second-order valence-electron chi connectivity index (χ2n) is 7.90. The van der Waals surface area contributed by atoms with Crippen molar-refractivity contribution in [3.8, 4) is 0 Å². The minimum atomic E-state index is -0.000354. The predicted molar refractivity (Wildman–Crippen MR) is 105 cm³/mol. The zero-order chi connectivity index (χ0) is 18.0. The van der Waals surface area contributed by atoms with E-state index in [-0.39, 0.29) is 11.3 Å². The van der Waals surface area contributed by atoms with Crippen LogP contribution in [0.5, 0.6) is 0 Å². The Kier molecular flexibility index (Phi) is 4.80. The Labute approximate surface area is 151 Å². The molecule has 0 heterocycles. The lowest BCUT2D eigenvalue weighted by atomic mass is 9.86. The molecular formula is C23H27NO. The first-order valence-corrected chi connectivity index (χ1v) is 9.02. The van der Waals surface area contributed by atoms with Crippen LogP contribution in [0.1, 0.15) is 61.2 Å². The Morgan fingerprint density at radius 2 is 1.68 bits per heavy atom. The van der Waals surface area contributed by atoms with Crippen molar-refractivity contribution in [1.82, 2.24) is 5.32 Å². The minimum Gasteiger partial charge on any atom is -0.348 e. The summed E-state index contributed by atoms with van der Waals surface area (Å²) in [5, 5.41) is 3.09. The quantitative estimate of drug-likeness (QED) is 0.828. The largest absolute Gasteiger partial charge is 0.348 e. The number of rotatable bonds is 3. The van der Waals surface area contributed by atoms with Gasteiger partial charge >= 0.3 is 0 Å². The minimum absolute atomic E-state index is 0.000354. The average Bonchev–Trinajstić information content (AvgIpc) is 2.60. The zero-order valence-corrected chi connectivity index (χ0v) is 15.6. The van der Waals surface area contributed by atoms with Gasteiger partial charge in [-0.1, -0.05) is 57.2 Å². The highest BCUT2D eigenvalue weighted by molar-refractivity contribution is 5.94. The molecule has 0 unspecified atom stereocenters. The van der Waals surface area contributed by atoms with Crippen LogP contribution < -0.4 is 5.32 Å². The summed E-state index contributed by atoms with van der Waals surface area (Å²) in [5.74, 6) is -0.000354. The molecule has 2 aromatic carbocycles. The molecule has 0 aromatic heterocycles. The van der Waals surface area contributed by atoms with E-state index in [1.54, 1.807) is 0 Å². The molecule has 2 nitrogen and oxygen atoms in total. The molecule has 0 saturated heterocycles. The van der Waals surface area contributed by atoms with E-state index in [0.717, 1.165) is 18.4 Å². The van der Waals surface area contributed by atoms with Gasteiger partial charge in [0.25, 0.3) is 5.91 Å². The Balaban J connectivity index is 1.69. The molecule has 25 heavy (non-hydrogen) atoms. The van der Waals surface area contributed by atoms with Crippen LogP contribution in [0.2, 0.25) is 0 Å². The van der Waals surface area contributed by atoms with Gasteiger partial charge in [0, 0.05) is 12.1 Å². The van der Waals surface area contributed by atoms with E-state index < -0.39 is 0 Å². The maximum Gasteiger partial charge on any atom is 0.251 e. The van der Waals surface area contributed by atoms with Crippen LogP contribution in [0.15, 0.2) is 54.1 Å². The average molecular weight is 333 g/mol. The lowest BCUT2D eigenvalue weighted by molar-refractivity contribution is 0.0956. The van der Waals surface area contributed by atoms with Gasteiger partial charge in [-0.3, -0.25) is 4.79 Å². The Bertz CT molecular complexity index is 807. The van der Waals surface area contributed by atoms with E-state index in [9.17, 15) is 4.79 Å². The highest BCUT2D eigenvalue weighted by Crippen LogP contribution is 2.30. The van der Waals surface area contributed by atoms with Crippen molar-refractivity contribution < 1.29 is 4.79 Å². The van der Waals surface area contributed by atoms with Crippen LogP contribution in [-0.2, 0) is 11.8 Å². The van der Waals surface area contributed by atoms with Gasteiger partial charge in [-0.05, 0) is 65.1 Å². The number of amides is 1.